The zero-order chi connectivity index (χ0) is 13.0. The molecule has 1 heterocycles. The zero-order valence-corrected chi connectivity index (χ0v) is 11.0. The first-order chi connectivity index (χ1) is 8.67. The Balaban J connectivity index is 1.72. The topological polar surface area (TPSA) is 85.5 Å². The van der Waals surface area contributed by atoms with Crippen LogP contribution in [0.25, 0.3) is 0 Å². The predicted octanol–water partition coefficient (Wildman–Crippen LogP) is 1.60. The second kappa shape index (κ2) is 6.19. The van der Waals surface area contributed by atoms with Gasteiger partial charge in [0.2, 0.25) is 5.89 Å². The van der Waals surface area contributed by atoms with Crippen molar-refractivity contribution in [2.45, 2.75) is 37.5 Å². The summed E-state index contributed by atoms with van der Waals surface area (Å²) in [5.41, 5.74) is 0. The average Bonchev–Trinajstić information content (AvgIpc) is 2.71. The second-order valence-electron chi connectivity index (χ2n) is 4.26. The minimum absolute atomic E-state index is 0.0581. The van der Waals surface area contributed by atoms with Crippen LogP contribution in [0.15, 0.2) is 9.64 Å². The molecule has 1 aromatic heterocycles. The second-order valence-corrected chi connectivity index (χ2v) is 5.19. The van der Waals surface area contributed by atoms with E-state index >= 15 is 0 Å². The smallest absolute Gasteiger partial charge is 0.314 e. The molecule has 0 radical (unpaired) electrons. The summed E-state index contributed by atoms with van der Waals surface area (Å²) in [6, 6.07) is 0. The van der Waals surface area contributed by atoms with E-state index in [0.717, 1.165) is 37.6 Å². The molecule has 0 aromatic carbocycles. The first kappa shape index (κ1) is 13.4. The number of nitrogens with zero attached hydrogens (tertiary/aromatic N) is 2. The van der Waals surface area contributed by atoms with E-state index in [9.17, 15) is 4.79 Å². The lowest BCUT2D eigenvalue weighted by Crippen LogP contribution is -2.32. The lowest BCUT2D eigenvalue weighted by atomic mass is 9.80. The van der Waals surface area contributed by atoms with E-state index in [-0.39, 0.29) is 5.75 Å². The zero-order valence-electron chi connectivity index (χ0n) is 10.2. The van der Waals surface area contributed by atoms with Crippen molar-refractivity contribution in [1.82, 2.24) is 10.2 Å². The molecule has 1 aliphatic rings. The van der Waals surface area contributed by atoms with Gasteiger partial charge in [-0.15, -0.1) is 10.2 Å². The Morgan fingerprint density at radius 2 is 2.33 bits per heavy atom. The van der Waals surface area contributed by atoms with Crippen LogP contribution in [0.5, 0.6) is 0 Å². The minimum Gasteiger partial charge on any atom is -0.481 e. The molecule has 100 valence electrons. The summed E-state index contributed by atoms with van der Waals surface area (Å²) in [6.07, 6.45) is 3.20. The molecular weight excluding hydrogens is 256 g/mol. The first-order valence-electron chi connectivity index (χ1n) is 5.96. The molecule has 1 saturated carbocycles. The number of hydrogen-bond acceptors (Lipinski definition) is 6. The molecule has 0 atom stereocenters. The maximum atomic E-state index is 10.4. The molecule has 7 heteroatoms. The summed E-state index contributed by atoms with van der Waals surface area (Å²) in [4.78, 5) is 10.4. The summed E-state index contributed by atoms with van der Waals surface area (Å²) in [7, 11) is 0. The fourth-order valence-electron chi connectivity index (χ4n) is 1.96. The highest BCUT2D eigenvalue weighted by Gasteiger charge is 2.30. The molecule has 18 heavy (non-hydrogen) atoms. The van der Waals surface area contributed by atoms with Crippen molar-refractivity contribution in [3.05, 3.63) is 5.89 Å². The van der Waals surface area contributed by atoms with Crippen LogP contribution >= 0.6 is 11.8 Å². The quantitative estimate of drug-likeness (QED) is 0.754. The summed E-state index contributed by atoms with van der Waals surface area (Å²) >= 11 is 1.05. The molecule has 0 spiro atoms. The lowest BCUT2D eigenvalue weighted by molar-refractivity contribution is -0.133. The number of carboxylic acid groups (broad SMARTS) is 1. The highest BCUT2D eigenvalue weighted by atomic mass is 32.2. The molecular formula is C11H16N2O4S. The number of hydrogen-bond donors (Lipinski definition) is 1. The van der Waals surface area contributed by atoms with E-state index in [1.807, 2.05) is 6.92 Å². The Hall–Kier alpha value is -1.08. The number of aliphatic carboxylic acids is 1. The lowest BCUT2D eigenvalue weighted by Gasteiger charge is -2.33. The number of rotatable bonds is 7. The van der Waals surface area contributed by atoms with E-state index in [2.05, 4.69) is 10.2 Å². The van der Waals surface area contributed by atoms with E-state index in [0.29, 0.717) is 23.1 Å². The van der Waals surface area contributed by atoms with Gasteiger partial charge in [-0.1, -0.05) is 11.8 Å². The van der Waals surface area contributed by atoms with E-state index in [4.69, 9.17) is 14.3 Å². The molecule has 6 nitrogen and oxygen atoms in total. The summed E-state index contributed by atoms with van der Waals surface area (Å²) in [6.45, 7) is 2.76. The van der Waals surface area contributed by atoms with Crippen molar-refractivity contribution in [3.63, 3.8) is 0 Å². The summed E-state index contributed by atoms with van der Waals surface area (Å²) < 4.78 is 10.9. The molecule has 2 rings (SSSR count). The van der Waals surface area contributed by atoms with Crippen LogP contribution in [0.3, 0.4) is 0 Å². The number of carbonyl (C=O) groups is 1. The number of carboxylic acids is 1. The van der Waals surface area contributed by atoms with Crippen LogP contribution in [-0.4, -0.2) is 39.7 Å². The summed E-state index contributed by atoms with van der Waals surface area (Å²) in [5, 5.41) is 16.6. The molecule has 1 fully saturated rings. The van der Waals surface area contributed by atoms with Gasteiger partial charge >= 0.3 is 5.97 Å². The van der Waals surface area contributed by atoms with Gasteiger partial charge in [-0.3, -0.25) is 4.79 Å². The van der Waals surface area contributed by atoms with E-state index < -0.39 is 5.97 Å². The summed E-state index contributed by atoms with van der Waals surface area (Å²) in [5.74, 6) is 0.178. The molecule has 0 amide bonds. The minimum atomic E-state index is -0.890. The molecule has 0 saturated heterocycles. The average molecular weight is 272 g/mol. The van der Waals surface area contributed by atoms with Crippen LogP contribution in [0.2, 0.25) is 0 Å². The highest BCUT2D eigenvalue weighted by Crippen LogP contribution is 2.32. The highest BCUT2D eigenvalue weighted by molar-refractivity contribution is 7.99. The Labute approximate surface area is 109 Å². The molecule has 1 aromatic rings. The van der Waals surface area contributed by atoms with Gasteiger partial charge in [0.25, 0.3) is 5.22 Å². The van der Waals surface area contributed by atoms with Gasteiger partial charge in [0.1, 0.15) is 5.75 Å². The van der Waals surface area contributed by atoms with Crippen LogP contribution in [0.1, 0.15) is 25.7 Å². The number of aromatic nitrogens is 2. The maximum Gasteiger partial charge on any atom is 0.314 e. The number of ether oxygens (including phenoxy) is 1. The Morgan fingerprint density at radius 1 is 1.56 bits per heavy atom. The van der Waals surface area contributed by atoms with Crippen LogP contribution in [0.4, 0.5) is 0 Å². The number of thioether (sulfide) groups is 1. The van der Waals surface area contributed by atoms with Gasteiger partial charge in [-0.2, -0.15) is 0 Å². The third-order valence-corrected chi connectivity index (χ3v) is 3.63. The van der Waals surface area contributed by atoms with Crippen molar-refractivity contribution in [2.75, 3.05) is 12.4 Å². The van der Waals surface area contributed by atoms with Crippen LogP contribution in [0, 0.1) is 5.92 Å². The molecule has 0 unspecified atom stereocenters. The van der Waals surface area contributed by atoms with E-state index in [1.165, 1.54) is 0 Å². The van der Waals surface area contributed by atoms with Crippen LogP contribution < -0.4 is 0 Å². The predicted molar refractivity (Wildman–Crippen MR) is 64.5 cm³/mol. The fraction of sp³-hybridized carbons (Fsp3) is 0.727. The van der Waals surface area contributed by atoms with Gasteiger partial charge in [0.05, 0.1) is 6.10 Å². The Bertz CT molecular complexity index is 404. The van der Waals surface area contributed by atoms with Gasteiger partial charge in [0, 0.05) is 13.0 Å². The van der Waals surface area contributed by atoms with Gasteiger partial charge in [-0.05, 0) is 25.7 Å². The third-order valence-electron chi connectivity index (χ3n) is 2.83. The Morgan fingerprint density at radius 3 is 3.00 bits per heavy atom. The van der Waals surface area contributed by atoms with Crippen molar-refractivity contribution in [1.29, 1.82) is 0 Å². The molecule has 0 bridgehead atoms. The molecule has 1 aliphatic carbocycles. The maximum absolute atomic E-state index is 10.4. The molecule has 0 aliphatic heterocycles. The van der Waals surface area contributed by atoms with Crippen molar-refractivity contribution in [3.8, 4) is 0 Å². The van der Waals surface area contributed by atoms with E-state index in [1.54, 1.807) is 0 Å². The van der Waals surface area contributed by atoms with Gasteiger partial charge < -0.3 is 14.3 Å². The largest absolute Gasteiger partial charge is 0.481 e. The Kier molecular flexibility index (Phi) is 4.60. The normalized spacial score (nSPS) is 22.7. The van der Waals surface area contributed by atoms with Crippen molar-refractivity contribution in [2.24, 2.45) is 5.92 Å². The third kappa shape index (κ3) is 3.71. The molecule has 1 N–H and O–H groups in total. The van der Waals surface area contributed by atoms with Crippen LogP contribution in [-0.2, 0) is 16.0 Å². The van der Waals surface area contributed by atoms with Crippen molar-refractivity contribution < 1.29 is 19.1 Å². The SMILES string of the molecule is CCOC1CC(Cc2nnc(SCC(=O)O)o2)C1. The fourth-order valence-corrected chi connectivity index (χ4v) is 2.46. The van der Waals surface area contributed by atoms with Gasteiger partial charge in [-0.25, -0.2) is 0 Å². The van der Waals surface area contributed by atoms with Crippen molar-refractivity contribution >= 4 is 17.7 Å². The van der Waals surface area contributed by atoms with Gasteiger partial charge in [0.15, 0.2) is 0 Å². The first-order valence-corrected chi connectivity index (χ1v) is 6.94. The monoisotopic (exact) mass is 272 g/mol. The standard InChI is InChI=1S/C11H16N2O4S/c1-2-16-8-3-7(4-8)5-9-12-13-11(17-9)18-6-10(14)15/h7-8H,2-6H2,1H3,(H,14,15).